The van der Waals surface area contributed by atoms with E-state index in [1.165, 1.54) is 37.8 Å². The Kier molecular flexibility index (Phi) is 7.06. The van der Waals surface area contributed by atoms with Crippen molar-refractivity contribution in [3.05, 3.63) is 78.0 Å². The van der Waals surface area contributed by atoms with Crippen LogP contribution in [0.25, 0.3) is 11.0 Å². The molecule has 2 fully saturated rings. The maximum atomic E-state index is 15.1. The Hall–Kier alpha value is -4.84. The second-order valence-corrected chi connectivity index (χ2v) is 9.74. The summed E-state index contributed by atoms with van der Waals surface area (Å²) in [5.74, 6) is -0.915. The van der Waals surface area contributed by atoms with Gasteiger partial charge in [-0.25, -0.2) is 19.2 Å². The maximum absolute atomic E-state index is 15.1. The highest BCUT2D eigenvalue weighted by atomic mass is 19.1. The third-order valence-corrected chi connectivity index (χ3v) is 7.21. The molecule has 3 atom stereocenters. The molecular formula is C29H26FN5O6. The van der Waals surface area contributed by atoms with Crippen molar-refractivity contribution in [1.29, 1.82) is 0 Å². The van der Waals surface area contributed by atoms with Gasteiger partial charge in [0.05, 0.1) is 23.6 Å². The molecule has 2 aromatic carbocycles. The van der Waals surface area contributed by atoms with Crippen LogP contribution in [0.15, 0.2) is 61.1 Å². The van der Waals surface area contributed by atoms with Crippen molar-refractivity contribution in [2.24, 2.45) is 0 Å². The Labute approximate surface area is 233 Å². The fourth-order valence-corrected chi connectivity index (χ4v) is 5.10. The van der Waals surface area contributed by atoms with E-state index in [1.807, 2.05) is 6.07 Å². The molecule has 2 aliphatic rings. The van der Waals surface area contributed by atoms with Crippen LogP contribution in [0.1, 0.15) is 28.8 Å². The highest BCUT2D eigenvalue weighted by Crippen LogP contribution is 2.31. The molecule has 4 aromatic rings. The van der Waals surface area contributed by atoms with Gasteiger partial charge in [-0.3, -0.25) is 9.59 Å². The Morgan fingerprint density at radius 2 is 1.93 bits per heavy atom. The molecule has 0 aliphatic carbocycles. The minimum absolute atomic E-state index is 0.127. The van der Waals surface area contributed by atoms with Crippen molar-refractivity contribution in [3.63, 3.8) is 0 Å². The van der Waals surface area contributed by atoms with E-state index in [-0.39, 0.29) is 28.8 Å². The largest absolute Gasteiger partial charge is 0.467 e. The molecule has 12 heteroatoms. The smallest absolute Gasteiger partial charge is 0.338 e. The van der Waals surface area contributed by atoms with Gasteiger partial charge in [0.1, 0.15) is 35.1 Å². The fraction of sp³-hybridized carbons (Fsp3) is 0.276. The molecule has 2 saturated heterocycles. The van der Waals surface area contributed by atoms with Crippen molar-refractivity contribution in [2.75, 3.05) is 25.5 Å². The average Bonchev–Trinajstić information content (AvgIpc) is 3.44. The predicted molar refractivity (Wildman–Crippen MR) is 144 cm³/mol. The summed E-state index contributed by atoms with van der Waals surface area (Å²) in [6, 6.07) is 12.9. The molecule has 1 amide bonds. The number of carbonyl (C=O) groups is 3. The van der Waals surface area contributed by atoms with Gasteiger partial charge in [-0.2, -0.15) is 0 Å². The van der Waals surface area contributed by atoms with Gasteiger partial charge in [0.15, 0.2) is 18.0 Å². The average molecular weight is 560 g/mol. The zero-order chi connectivity index (χ0) is 28.5. The van der Waals surface area contributed by atoms with Gasteiger partial charge in [-0.15, -0.1) is 0 Å². The van der Waals surface area contributed by atoms with E-state index in [1.54, 1.807) is 29.2 Å². The number of ether oxygens (including phenoxy) is 3. The van der Waals surface area contributed by atoms with Gasteiger partial charge in [0.25, 0.3) is 5.91 Å². The summed E-state index contributed by atoms with van der Waals surface area (Å²) in [5, 5.41) is 3.65. The number of ketones is 1. The summed E-state index contributed by atoms with van der Waals surface area (Å²) in [6.07, 6.45) is 2.66. The van der Waals surface area contributed by atoms with E-state index < -0.39 is 29.8 Å². The lowest BCUT2D eigenvalue weighted by molar-refractivity contribution is -0.142. The fourth-order valence-electron chi connectivity index (χ4n) is 5.10. The van der Waals surface area contributed by atoms with Crippen molar-refractivity contribution < 1.29 is 33.0 Å². The molecule has 2 aromatic heterocycles. The number of rotatable bonds is 9. The molecule has 2 aliphatic heterocycles. The van der Waals surface area contributed by atoms with E-state index in [0.717, 1.165) is 12.8 Å². The summed E-state index contributed by atoms with van der Waals surface area (Å²) < 4.78 is 30.7. The highest BCUT2D eigenvalue weighted by Gasteiger charge is 2.54. The first-order valence-corrected chi connectivity index (χ1v) is 13.1. The number of aromatic nitrogens is 3. The molecular weight excluding hydrogens is 533 g/mol. The van der Waals surface area contributed by atoms with Crippen molar-refractivity contribution >= 4 is 34.5 Å². The van der Waals surface area contributed by atoms with Crippen LogP contribution in [0.3, 0.4) is 0 Å². The van der Waals surface area contributed by atoms with Crippen LogP contribution in [-0.4, -0.2) is 76.0 Å². The predicted octanol–water partition coefficient (Wildman–Crippen LogP) is 3.46. The topological polar surface area (TPSA) is 139 Å². The molecule has 4 heterocycles. The lowest BCUT2D eigenvalue weighted by Crippen LogP contribution is -2.42. The number of H-pyrrole nitrogens is 1. The molecule has 6 rings (SSSR count). The minimum Gasteiger partial charge on any atom is -0.467 e. The summed E-state index contributed by atoms with van der Waals surface area (Å²) >= 11 is 0. The zero-order valence-corrected chi connectivity index (χ0v) is 22.0. The van der Waals surface area contributed by atoms with E-state index >= 15 is 4.39 Å². The summed E-state index contributed by atoms with van der Waals surface area (Å²) in [6.45, 7) is 0.876. The van der Waals surface area contributed by atoms with E-state index in [9.17, 15) is 14.4 Å². The molecule has 2 N–H and O–H groups in total. The second kappa shape index (κ2) is 11.0. The number of nitrogens with one attached hydrogen (secondary N) is 2. The number of esters is 1. The number of fused-ring (bicyclic) bond motifs is 1. The summed E-state index contributed by atoms with van der Waals surface area (Å²) in [5.41, 5.74) is 0.477. The molecule has 0 bridgehead atoms. The van der Waals surface area contributed by atoms with Crippen LogP contribution in [0, 0.1) is 5.82 Å². The molecule has 210 valence electrons. The maximum Gasteiger partial charge on any atom is 0.338 e. The van der Waals surface area contributed by atoms with Crippen LogP contribution in [-0.2, 0) is 19.1 Å². The SMILES string of the molecule is COC(=O)C1OC1C(=O)N1CCCC1CNc1ncnc2[nH]cc(C(=O)c3ccc(Oc4ccccc4)cc3F)c12. The number of epoxide rings is 1. The first-order valence-electron chi connectivity index (χ1n) is 13.1. The number of nitrogens with zero attached hydrogens (tertiary/aromatic N) is 3. The van der Waals surface area contributed by atoms with Crippen molar-refractivity contribution in [3.8, 4) is 11.5 Å². The monoisotopic (exact) mass is 559 g/mol. The standard InChI is InChI=1S/C29H26FN5O6/c1-39-29(38)25-24(41-25)28(37)35-11-5-6-16(35)13-31-26-22-20(14-32-27(22)34-15-33-26)23(36)19-10-9-18(12-21(19)30)40-17-7-3-2-4-8-17/h2-4,7-10,12,14-16,24-25H,5-6,11,13H2,1H3,(H2,31,32,33,34). The van der Waals surface area contributed by atoms with Gasteiger partial charge >= 0.3 is 5.97 Å². The number of aromatic amines is 1. The molecule has 11 nitrogen and oxygen atoms in total. The van der Waals surface area contributed by atoms with Crippen molar-refractivity contribution in [1.82, 2.24) is 19.9 Å². The van der Waals surface area contributed by atoms with Gasteiger partial charge < -0.3 is 29.4 Å². The van der Waals surface area contributed by atoms with Gasteiger partial charge in [-0.1, -0.05) is 18.2 Å². The van der Waals surface area contributed by atoms with E-state index in [4.69, 9.17) is 9.47 Å². The van der Waals surface area contributed by atoms with Crippen molar-refractivity contribution in [2.45, 2.75) is 31.1 Å². The Balaban J connectivity index is 1.19. The number of halogens is 1. The van der Waals surface area contributed by atoms with E-state index in [0.29, 0.717) is 35.7 Å². The lowest BCUT2D eigenvalue weighted by atomic mass is 10.0. The number of benzene rings is 2. The number of para-hydroxylation sites is 1. The van der Waals surface area contributed by atoms with E-state index in [2.05, 4.69) is 25.0 Å². The molecule has 0 radical (unpaired) electrons. The number of anilines is 1. The van der Waals surface area contributed by atoms with Crippen LogP contribution < -0.4 is 10.1 Å². The normalized spacial score (nSPS) is 19.7. The van der Waals surface area contributed by atoms with Crippen LogP contribution in [0.2, 0.25) is 0 Å². The highest BCUT2D eigenvalue weighted by molar-refractivity contribution is 6.18. The Bertz CT molecular complexity index is 1630. The number of hydrogen-bond donors (Lipinski definition) is 2. The second-order valence-electron chi connectivity index (χ2n) is 9.74. The van der Waals surface area contributed by atoms with Crippen LogP contribution in [0.5, 0.6) is 11.5 Å². The van der Waals surface area contributed by atoms with Gasteiger partial charge in [0.2, 0.25) is 0 Å². The molecule has 3 unspecified atom stereocenters. The quantitative estimate of drug-likeness (QED) is 0.179. The summed E-state index contributed by atoms with van der Waals surface area (Å²) in [7, 11) is 1.25. The molecule has 0 saturated carbocycles. The zero-order valence-electron chi connectivity index (χ0n) is 22.0. The lowest BCUT2D eigenvalue weighted by Gasteiger charge is -2.24. The first-order chi connectivity index (χ1) is 19.9. The third kappa shape index (κ3) is 5.21. The molecule has 41 heavy (non-hydrogen) atoms. The van der Waals surface area contributed by atoms with Gasteiger partial charge in [-0.05, 0) is 37.1 Å². The van der Waals surface area contributed by atoms with Crippen LogP contribution >= 0.6 is 0 Å². The third-order valence-electron chi connectivity index (χ3n) is 7.21. The number of amides is 1. The number of carbonyl (C=O) groups excluding carboxylic acids is 3. The molecule has 0 spiro atoms. The number of methoxy groups -OCH3 is 1. The Morgan fingerprint density at radius 1 is 1.10 bits per heavy atom. The minimum atomic E-state index is -0.865. The summed E-state index contributed by atoms with van der Waals surface area (Å²) in [4.78, 5) is 51.3. The first kappa shape index (κ1) is 26.4. The van der Waals surface area contributed by atoms with Crippen LogP contribution in [0.4, 0.5) is 10.2 Å². The Morgan fingerprint density at radius 3 is 2.71 bits per heavy atom. The number of hydrogen-bond acceptors (Lipinski definition) is 9. The number of likely N-dealkylation sites (tertiary alicyclic amines) is 1. The van der Waals surface area contributed by atoms with Gasteiger partial charge in [0, 0.05) is 31.4 Å².